The van der Waals surface area contributed by atoms with E-state index in [0.29, 0.717) is 12.2 Å². The van der Waals surface area contributed by atoms with Crippen LogP contribution in [0.5, 0.6) is 0 Å². The summed E-state index contributed by atoms with van der Waals surface area (Å²) in [4.78, 5) is 14.9. The van der Waals surface area contributed by atoms with Crippen molar-refractivity contribution in [3.63, 3.8) is 0 Å². The van der Waals surface area contributed by atoms with Crippen molar-refractivity contribution in [3.05, 3.63) is 30.3 Å². The van der Waals surface area contributed by atoms with Gasteiger partial charge in [-0.1, -0.05) is 25.1 Å². The van der Waals surface area contributed by atoms with Crippen LogP contribution >= 0.6 is 0 Å². The Morgan fingerprint density at radius 3 is 2.86 bits per heavy atom. The Hall–Kier alpha value is -1.20. The highest BCUT2D eigenvalue weighted by molar-refractivity contribution is 7.85. The second-order valence-electron chi connectivity index (χ2n) is 5.82. The van der Waals surface area contributed by atoms with Gasteiger partial charge in [-0.15, -0.1) is 0 Å². The Labute approximate surface area is 135 Å². The van der Waals surface area contributed by atoms with Crippen LogP contribution in [0.1, 0.15) is 32.6 Å². The first kappa shape index (κ1) is 17.2. The Morgan fingerprint density at radius 2 is 2.14 bits per heavy atom. The van der Waals surface area contributed by atoms with Crippen LogP contribution in [-0.4, -0.2) is 46.4 Å². The highest BCUT2D eigenvalue weighted by atomic mass is 32.2. The van der Waals surface area contributed by atoms with Crippen LogP contribution in [0.4, 0.5) is 0 Å². The smallest absolute Gasteiger partial charge is 0.220 e. The fraction of sp³-hybridized carbons (Fsp3) is 0.588. The van der Waals surface area contributed by atoms with Gasteiger partial charge in [-0.2, -0.15) is 0 Å². The predicted octanol–water partition coefficient (Wildman–Crippen LogP) is 2.17. The van der Waals surface area contributed by atoms with Gasteiger partial charge in [-0.3, -0.25) is 9.00 Å². The molecule has 2 rings (SSSR count). The van der Waals surface area contributed by atoms with Crippen LogP contribution in [0.2, 0.25) is 0 Å². The van der Waals surface area contributed by atoms with Gasteiger partial charge >= 0.3 is 0 Å². The van der Waals surface area contributed by atoms with E-state index < -0.39 is 10.8 Å². The van der Waals surface area contributed by atoms with Crippen molar-refractivity contribution in [2.45, 2.75) is 43.5 Å². The molecule has 2 atom stereocenters. The number of rotatable bonds is 7. The van der Waals surface area contributed by atoms with Crippen molar-refractivity contribution >= 4 is 16.7 Å². The zero-order chi connectivity index (χ0) is 15.8. The number of nitrogens with zero attached hydrogens (tertiary/aromatic N) is 1. The summed E-state index contributed by atoms with van der Waals surface area (Å²) in [7, 11) is -0.939. The van der Waals surface area contributed by atoms with E-state index in [1.54, 1.807) is 0 Å². The van der Waals surface area contributed by atoms with E-state index in [4.69, 9.17) is 0 Å². The van der Waals surface area contributed by atoms with Crippen molar-refractivity contribution in [1.29, 1.82) is 0 Å². The third-order valence-corrected chi connectivity index (χ3v) is 5.30. The lowest BCUT2D eigenvalue weighted by molar-refractivity contribution is -0.122. The fourth-order valence-electron chi connectivity index (χ4n) is 2.81. The molecule has 1 aromatic carbocycles. The zero-order valence-electron chi connectivity index (χ0n) is 13.3. The number of benzene rings is 1. The standard InChI is InChI=1S/C17H26N2O2S/c1-2-7-17(20)18-15-8-6-11-19(14-15)12-13-22(21)16-9-4-3-5-10-16/h3-5,9-10,15H,2,6-8,11-14H2,1H3,(H,18,20)/t15-,22-/m1/s1. The number of likely N-dealkylation sites (tertiary alicyclic amines) is 1. The molecule has 0 aromatic heterocycles. The molecule has 1 saturated heterocycles. The van der Waals surface area contributed by atoms with Crippen LogP contribution in [0.15, 0.2) is 35.2 Å². The molecule has 5 heteroatoms. The van der Waals surface area contributed by atoms with E-state index >= 15 is 0 Å². The fourth-order valence-corrected chi connectivity index (χ4v) is 3.93. The number of nitrogens with one attached hydrogen (secondary N) is 1. The summed E-state index contributed by atoms with van der Waals surface area (Å²) in [6.07, 6.45) is 3.63. The number of hydrogen-bond donors (Lipinski definition) is 1. The molecule has 1 aliphatic heterocycles. The summed E-state index contributed by atoms with van der Waals surface area (Å²) >= 11 is 0. The van der Waals surface area contributed by atoms with Gasteiger partial charge in [0.1, 0.15) is 0 Å². The van der Waals surface area contributed by atoms with Gasteiger partial charge in [0.05, 0.1) is 10.8 Å². The molecule has 0 unspecified atom stereocenters. The molecule has 1 aliphatic rings. The predicted molar refractivity (Wildman–Crippen MR) is 90.2 cm³/mol. The van der Waals surface area contributed by atoms with Crippen LogP contribution in [0.3, 0.4) is 0 Å². The first-order chi connectivity index (χ1) is 10.7. The van der Waals surface area contributed by atoms with Gasteiger partial charge in [-0.25, -0.2) is 0 Å². The third-order valence-electron chi connectivity index (χ3n) is 3.95. The van der Waals surface area contributed by atoms with Crippen molar-refractivity contribution in [2.75, 3.05) is 25.4 Å². The molecule has 1 aromatic rings. The van der Waals surface area contributed by atoms with E-state index in [0.717, 1.165) is 43.8 Å². The summed E-state index contributed by atoms with van der Waals surface area (Å²) in [5.41, 5.74) is 0. The number of piperidine rings is 1. The van der Waals surface area contributed by atoms with E-state index in [1.165, 1.54) is 0 Å². The summed E-state index contributed by atoms with van der Waals surface area (Å²) in [6, 6.07) is 9.87. The Morgan fingerprint density at radius 1 is 1.36 bits per heavy atom. The third kappa shape index (κ3) is 5.54. The molecule has 1 N–H and O–H groups in total. The largest absolute Gasteiger partial charge is 0.352 e. The van der Waals surface area contributed by atoms with Crippen LogP contribution in [0.25, 0.3) is 0 Å². The van der Waals surface area contributed by atoms with Gasteiger partial charge in [0, 0.05) is 36.2 Å². The molecule has 0 spiro atoms. The number of amides is 1. The van der Waals surface area contributed by atoms with E-state index in [2.05, 4.69) is 10.2 Å². The zero-order valence-corrected chi connectivity index (χ0v) is 14.1. The monoisotopic (exact) mass is 322 g/mol. The molecule has 1 amide bonds. The molecular weight excluding hydrogens is 296 g/mol. The Bertz CT molecular complexity index is 493. The van der Waals surface area contributed by atoms with Gasteiger partial charge < -0.3 is 10.2 Å². The van der Waals surface area contributed by atoms with Gasteiger partial charge in [-0.05, 0) is 37.9 Å². The number of hydrogen-bond acceptors (Lipinski definition) is 3. The maximum Gasteiger partial charge on any atom is 0.220 e. The van der Waals surface area contributed by atoms with Gasteiger partial charge in [0.25, 0.3) is 0 Å². The van der Waals surface area contributed by atoms with Gasteiger partial charge in [0.2, 0.25) is 5.91 Å². The van der Waals surface area contributed by atoms with E-state index in [9.17, 15) is 9.00 Å². The second-order valence-corrected chi connectivity index (χ2v) is 7.39. The minimum Gasteiger partial charge on any atom is -0.352 e. The molecule has 22 heavy (non-hydrogen) atoms. The second kappa shape index (κ2) is 9.06. The molecule has 122 valence electrons. The minimum atomic E-state index is -0.939. The van der Waals surface area contributed by atoms with E-state index in [1.807, 2.05) is 37.3 Å². The summed E-state index contributed by atoms with van der Waals surface area (Å²) < 4.78 is 12.2. The molecule has 0 bridgehead atoms. The summed E-state index contributed by atoms with van der Waals surface area (Å²) in [5, 5.41) is 3.11. The number of carbonyl (C=O) groups excluding carboxylic acids is 1. The summed E-state index contributed by atoms with van der Waals surface area (Å²) in [6.45, 7) is 4.75. The average Bonchev–Trinajstić information content (AvgIpc) is 2.54. The molecule has 1 heterocycles. The molecule has 0 saturated carbocycles. The molecule has 0 aliphatic carbocycles. The lowest BCUT2D eigenvalue weighted by Gasteiger charge is -2.33. The first-order valence-corrected chi connectivity index (χ1v) is 9.46. The summed E-state index contributed by atoms with van der Waals surface area (Å²) in [5.74, 6) is 0.807. The Kier molecular flexibility index (Phi) is 7.06. The minimum absolute atomic E-state index is 0.155. The van der Waals surface area contributed by atoms with Crippen molar-refractivity contribution in [3.8, 4) is 0 Å². The number of carbonyl (C=O) groups is 1. The average molecular weight is 322 g/mol. The molecule has 0 radical (unpaired) electrons. The van der Waals surface area contributed by atoms with Crippen LogP contribution in [0, 0.1) is 0 Å². The molecule has 4 nitrogen and oxygen atoms in total. The first-order valence-electron chi connectivity index (χ1n) is 8.14. The molecule has 1 fully saturated rings. The topological polar surface area (TPSA) is 49.4 Å². The van der Waals surface area contributed by atoms with Crippen molar-refractivity contribution in [2.24, 2.45) is 0 Å². The van der Waals surface area contributed by atoms with Crippen LogP contribution in [-0.2, 0) is 15.6 Å². The van der Waals surface area contributed by atoms with Crippen molar-refractivity contribution in [1.82, 2.24) is 10.2 Å². The SMILES string of the molecule is CCCC(=O)N[C@@H]1CCCN(CC[S@@](=O)c2ccccc2)C1. The molecular formula is C17H26N2O2S. The lowest BCUT2D eigenvalue weighted by atomic mass is 10.1. The normalized spacial score (nSPS) is 20.5. The highest BCUT2D eigenvalue weighted by Gasteiger charge is 2.21. The Balaban J connectivity index is 1.76. The maximum atomic E-state index is 12.2. The van der Waals surface area contributed by atoms with Crippen molar-refractivity contribution < 1.29 is 9.00 Å². The lowest BCUT2D eigenvalue weighted by Crippen LogP contribution is -2.48. The highest BCUT2D eigenvalue weighted by Crippen LogP contribution is 2.12. The quantitative estimate of drug-likeness (QED) is 0.837. The van der Waals surface area contributed by atoms with E-state index in [-0.39, 0.29) is 11.9 Å². The van der Waals surface area contributed by atoms with Crippen LogP contribution < -0.4 is 5.32 Å². The van der Waals surface area contributed by atoms with Gasteiger partial charge in [0.15, 0.2) is 0 Å². The maximum absolute atomic E-state index is 12.2.